The molecule has 3 amide bonds. The molecule has 34 heavy (non-hydrogen) atoms. The number of rotatable bonds is 6. The summed E-state index contributed by atoms with van der Waals surface area (Å²) >= 11 is 0. The number of nitrogens with zero attached hydrogens (tertiary/aromatic N) is 2. The molecule has 1 saturated carbocycles. The van der Waals surface area contributed by atoms with E-state index in [0.29, 0.717) is 24.9 Å². The van der Waals surface area contributed by atoms with Crippen LogP contribution in [0.25, 0.3) is 0 Å². The number of carbonyl (C=O) groups is 3. The molecule has 10 heteroatoms. The fourth-order valence-corrected chi connectivity index (χ4v) is 5.49. The van der Waals surface area contributed by atoms with Crippen molar-refractivity contribution in [1.29, 1.82) is 5.26 Å². The van der Waals surface area contributed by atoms with Gasteiger partial charge in [0.2, 0.25) is 11.8 Å². The van der Waals surface area contributed by atoms with E-state index in [9.17, 15) is 33.5 Å². The molecule has 0 aromatic heterocycles. The quantitative estimate of drug-likeness (QED) is 0.579. The highest BCUT2D eigenvalue weighted by Gasteiger charge is 2.61. The van der Waals surface area contributed by atoms with Crippen LogP contribution < -0.4 is 10.6 Å². The maximum absolute atomic E-state index is 14.8. The van der Waals surface area contributed by atoms with Crippen LogP contribution in [-0.2, 0) is 14.4 Å². The van der Waals surface area contributed by atoms with E-state index in [1.165, 1.54) is 0 Å². The lowest BCUT2D eigenvalue weighted by Crippen LogP contribution is -2.69. The molecule has 6 atom stereocenters. The number of aliphatic hydroxyl groups is 1. The molecule has 1 aromatic rings. The van der Waals surface area contributed by atoms with Crippen molar-refractivity contribution < 1.29 is 28.3 Å². The van der Waals surface area contributed by atoms with Crippen molar-refractivity contribution >= 4 is 17.7 Å². The van der Waals surface area contributed by atoms with E-state index in [4.69, 9.17) is 0 Å². The summed E-state index contributed by atoms with van der Waals surface area (Å²) in [6.45, 7) is 0.556. The van der Waals surface area contributed by atoms with Crippen LogP contribution in [0.1, 0.15) is 50.2 Å². The minimum Gasteiger partial charge on any atom is -0.378 e. The summed E-state index contributed by atoms with van der Waals surface area (Å²) in [5.74, 6) is -6.89. The highest BCUT2D eigenvalue weighted by molar-refractivity contribution is 5.91. The molecule has 0 radical (unpaired) electrons. The molecule has 1 aromatic carbocycles. The lowest BCUT2D eigenvalue weighted by Gasteiger charge is -2.54. The van der Waals surface area contributed by atoms with E-state index in [1.54, 1.807) is 30.3 Å². The molecular formula is C24H28F2N4O4. The fraction of sp³-hybridized carbons (Fsp3) is 0.583. The van der Waals surface area contributed by atoms with Gasteiger partial charge >= 0.3 is 0 Å². The van der Waals surface area contributed by atoms with Crippen molar-refractivity contribution in [3.8, 4) is 6.07 Å². The normalized spacial score (nSPS) is 29.5. The van der Waals surface area contributed by atoms with Crippen LogP contribution in [0, 0.1) is 23.2 Å². The Morgan fingerprint density at radius 2 is 2.00 bits per heavy atom. The first-order valence-corrected chi connectivity index (χ1v) is 11.6. The second kappa shape index (κ2) is 9.66. The highest BCUT2D eigenvalue weighted by Crippen LogP contribution is 2.49. The van der Waals surface area contributed by atoms with Gasteiger partial charge in [-0.25, -0.2) is 8.78 Å². The van der Waals surface area contributed by atoms with E-state index >= 15 is 0 Å². The lowest BCUT2D eigenvalue weighted by molar-refractivity contribution is -0.198. The number of fused-ring (bicyclic) bond motifs is 3. The van der Waals surface area contributed by atoms with Crippen LogP contribution in [0.5, 0.6) is 0 Å². The van der Waals surface area contributed by atoms with Crippen molar-refractivity contribution in [2.45, 2.75) is 68.7 Å². The predicted molar refractivity (Wildman–Crippen MR) is 116 cm³/mol. The lowest BCUT2D eigenvalue weighted by atomic mass is 9.71. The summed E-state index contributed by atoms with van der Waals surface area (Å²) in [6, 6.07) is 6.58. The second-order valence-corrected chi connectivity index (χ2v) is 9.36. The molecule has 0 spiro atoms. The Morgan fingerprint density at radius 3 is 2.65 bits per heavy atom. The number of nitriles is 1. The summed E-state index contributed by atoms with van der Waals surface area (Å²) in [5, 5.41) is 25.5. The third kappa shape index (κ3) is 4.62. The number of piperidine rings is 3. The zero-order chi connectivity index (χ0) is 24.5. The predicted octanol–water partition coefficient (Wildman–Crippen LogP) is 1.66. The van der Waals surface area contributed by atoms with Crippen LogP contribution in [0.2, 0.25) is 0 Å². The van der Waals surface area contributed by atoms with Crippen molar-refractivity contribution in [3.63, 3.8) is 0 Å². The molecule has 5 rings (SSSR count). The first-order chi connectivity index (χ1) is 16.2. The second-order valence-electron chi connectivity index (χ2n) is 9.36. The van der Waals surface area contributed by atoms with Gasteiger partial charge in [-0.15, -0.1) is 0 Å². The van der Waals surface area contributed by atoms with E-state index in [0.717, 1.165) is 11.3 Å². The van der Waals surface area contributed by atoms with Crippen LogP contribution in [0.15, 0.2) is 30.3 Å². The molecule has 4 fully saturated rings. The Bertz CT molecular complexity index is 983. The van der Waals surface area contributed by atoms with Gasteiger partial charge in [0.05, 0.1) is 12.0 Å². The number of benzene rings is 1. The van der Waals surface area contributed by atoms with Crippen molar-refractivity contribution in [3.05, 3.63) is 35.9 Å². The van der Waals surface area contributed by atoms with Gasteiger partial charge in [-0.05, 0) is 37.7 Å². The number of hydrogen-bond acceptors (Lipinski definition) is 5. The number of amides is 3. The Hall–Kier alpha value is -3.06. The van der Waals surface area contributed by atoms with Gasteiger partial charge in [0.25, 0.3) is 11.8 Å². The Morgan fingerprint density at radius 1 is 1.26 bits per heavy atom. The molecule has 4 aliphatic rings. The summed E-state index contributed by atoms with van der Waals surface area (Å²) in [6.07, 6.45) is -0.419. The van der Waals surface area contributed by atoms with Crippen molar-refractivity contribution in [2.24, 2.45) is 11.8 Å². The van der Waals surface area contributed by atoms with E-state index < -0.39 is 60.2 Å². The third-order valence-corrected chi connectivity index (χ3v) is 7.20. The summed E-state index contributed by atoms with van der Waals surface area (Å²) in [5.41, 5.74) is 0.304. The average Bonchev–Trinajstić information content (AvgIpc) is 2.83. The zero-order valence-electron chi connectivity index (χ0n) is 18.6. The number of aliphatic hydroxyl groups excluding tert-OH is 1. The molecule has 2 bridgehead atoms. The number of halogens is 2. The first kappa shape index (κ1) is 24.1. The highest BCUT2D eigenvalue weighted by atomic mass is 19.3. The van der Waals surface area contributed by atoms with Crippen LogP contribution in [0.4, 0.5) is 8.78 Å². The monoisotopic (exact) mass is 474 g/mol. The van der Waals surface area contributed by atoms with Gasteiger partial charge in [0.15, 0.2) is 6.10 Å². The smallest absolute Gasteiger partial charge is 0.256 e. The number of nitrogens with one attached hydrogen (secondary N) is 2. The molecular weight excluding hydrogens is 446 g/mol. The number of carbonyl (C=O) groups excluding carboxylic acids is 3. The minimum atomic E-state index is -3.15. The van der Waals surface area contributed by atoms with Crippen LogP contribution >= 0.6 is 0 Å². The van der Waals surface area contributed by atoms with Gasteiger partial charge in [0, 0.05) is 24.9 Å². The Balaban J connectivity index is 1.56. The van der Waals surface area contributed by atoms with Gasteiger partial charge in [-0.2, -0.15) is 5.26 Å². The molecule has 8 nitrogen and oxygen atoms in total. The van der Waals surface area contributed by atoms with Gasteiger partial charge in [-0.1, -0.05) is 30.3 Å². The SMILES string of the molecule is N#C[C@H](C[C@@H]1CCCNC1=O)NC(=O)[C@@H]1[C@H]2CC[C@H](CC2(F)F)N1C(=O)[C@H](O)c1ccccc1. The molecule has 3 saturated heterocycles. The summed E-state index contributed by atoms with van der Waals surface area (Å²) in [7, 11) is 0. The fourth-order valence-electron chi connectivity index (χ4n) is 5.49. The van der Waals surface area contributed by atoms with Crippen molar-refractivity contribution in [2.75, 3.05) is 6.54 Å². The molecule has 3 heterocycles. The molecule has 1 aliphatic carbocycles. The Labute approximate surface area is 196 Å². The number of alkyl halides is 2. The van der Waals surface area contributed by atoms with Gasteiger partial charge in [0.1, 0.15) is 12.1 Å². The van der Waals surface area contributed by atoms with Crippen LogP contribution in [0.3, 0.4) is 0 Å². The van der Waals surface area contributed by atoms with E-state index in [2.05, 4.69) is 10.6 Å². The molecule has 3 aliphatic heterocycles. The third-order valence-electron chi connectivity index (χ3n) is 7.20. The van der Waals surface area contributed by atoms with E-state index in [-0.39, 0.29) is 18.7 Å². The van der Waals surface area contributed by atoms with Crippen LogP contribution in [-0.4, -0.2) is 58.3 Å². The average molecular weight is 475 g/mol. The molecule has 0 unspecified atom stereocenters. The maximum Gasteiger partial charge on any atom is 0.256 e. The molecule has 182 valence electrons. The standard InChI is InChI=1S/C24H28F2N4O4/c25-24(26)12-17-8-9-18(24)19(30(17)23(34)20(31)14-5-2-1-3-6-14)22(33)29-16(13-27)11-15-7-4-10-28-21(15)32/h1-3,5-6,15-20,31H,4,7-12H2,(H,28,32)(H,29,33)/t15-,16-,17+,18+,19-,20+/m0/s1. The minimum absolute atomic E-state index is 0.0587. The molecule has 3 N–H and O–H groups in total. The summed E-state index contributed by atoms with van der Waals surface area (Å²) < 4.78 is 29.6. The summed E-state index contributed by atoms with van der Waals surface area (Å²) in [4.78, 5) is 39.7. The first-order valence-electron chi connectivity index (χ1n) is 11.6. The largest absolute Gasteiger partial charge is 0.378 e. The van der Waals surface area contributed by atoms with Gasteiger partial charge < -0.3 is 20.6 Å². The number of hydrogen-bond donors (Lipinski definition) is 3. The van der Waals surface area contributed by atoms with E-state index in [1.807, 2.05) is 6.07 Å². The Kier molecular flexibility index (Phi) is 6.84. The van der Waals surface area contributed by atoms with Crippen molar-refractivity contribution in [1.82, 2.24) is 15.5 Å². The maximum atomic E-state index is 14.8. The zero-order valence-corrected chi connectivity index (χ0v) is 18.6. The topological polar surface area (TPSA) is 123 Å². The van der Waals surface area contributed by atoms with Gasteiger partial charge in [-0.3, -0.25) is 14.4 Å².